The number of carbonyl (C=O) groups is 3. The number of anilines is 3. The van der Waals surface area contributed by atoms with Crippen LogP contribution in [0.25, 0.3) is 6.08 Å². The van der Waals surface area contributed by atoms with E-state index in [-0.39, 0.29) is 28.6 Å². The molecule has 0 saturated carbocycles. The molecule has 5 aromatic carbocycles. The van der Waals surface area contributed by atoms with Crippen LogP contribution in [0.3, 0.4) is 0 Å². The summed E-state index contributed by atoms with van der Waals surface area (Å²) in [5, 5.41) is 17.0. The molecule has 3 amide bonds. The fourth-order valence-corrected chi connectivity index (χ4v) is 6.21. The first kappa shape index (κ1) is 32.0. The van der Waals surface area contributed by atoms with Crippen LogP contribution in [0.4, 0.5) is 22.7 Å². The Morgan fingerprint density at radius 3 is 1.98 bits per heavy atom. The summed E-state index contributed by atoms with van der Waals surface area (Å²) in [7, 11) is 0. The van der Waals surface area contributed by atoms with Crippen molar-refractivity contribution < 1.29 is 19.3 Å². The number of hydrogen-bond donors (Lipinski definition) is 2. The van der Waals surface area contributed by atoms with E-state index in [2.05, 4.69) is 22.8 Å². The second kappa shape index (κ2) is 14.6. The van der Waals surface area contributed by atoms with Crippen LogP contribution in [-0.4, -0.2) is 28.4 Å². The van der Waals surface area contributed by atoms with Gasteiger partial charge in [-0.1, -0.05) is 66.7 Å². The number of nitrogens with one attached hydrogen (secondary N) is 2. The zero-order valence-corrected chi connectivity index (χ0v) is 26.5. The van der Waals surface area contributed by atoms with Crippen molar-refractivity contribution in [2.24, 2.45) is 0 Å². The van der Waals surface area contributed by atoms with Gasteiger partial charge < -0.3 is 10.6 Å². The van der Waals surface area contributed by atoms with Crippen molar-refractivity contribution in [3.05, 3.63) is 165 Å². The Hall–Kier alpha value is -6.00. The minimum absolute atomic E-state index is 0.0434. The summed E-state index contributed by atoms with van der Waals surface area (Å²) in [4.78, 5) is 53.8. The molecule has 0 saturated heterocycles. The fourth-order valence-electron chi connectivity index (χ4n) is 5.46. The highest BCUT2D eigenvalue weighted by Crippen LogP contribution is 2.37. The van der Waals surface area contributed by atoms with E-state index >= 15 is 0 Å². The van der Waals surface area contributed by atoms with Gasteiger partial charge in [-0.15, -0.1) is 11.8 Å². The van der Waals surface area contributed by atoms with Gasteiger partial charge in [0, 0.05) is 22.2 Å². The van der Waals surface area contributed by atoms with Crippen molar-refractivity contribution in [3.63, 3.8) is 0 Å². The third-order valence-electron chi connectivity index (χ3n) is 7.81. The molecular weight excluding hydrogens is 625 g/mol. The number of thioether (sulfide) groups is 1. The van der Waals surface area contributed by atoms with E-state index in [0.29, 0.717) is 11.3 Å². The van der Waals surface area contributed by atoms with Gasteiger partial charge >= 0.3 is 0 Å². The number of aryl methyl sites for hydroxylation is 2. The Morgan fingerprint density at radius 1 is 0.750 bits per heavy atom. The van der Waals surface area contributed by atoms with E-state index in [4.69, 9.17) is 0 Å². The predicted octanol–water partition coefficient (Wildman–Crippen LogP) is 7.56. The number of amides is 3. The lowest BCUT2D eigenvalue weighted by Crippen LogP contribution is -2.30. The van der Waals surface area contributed by atoms with Crippen molar-refractivity contribution in [1.29, 1.82) is 0 Å². The maximum absolute atomic E-state index is 13.7. The monoisotopic (exact) mass is 654 g/mol. The SMILES string of the molecule is O=C(Nc1ccc(SCC(=O)N2c3ccccc3CCc3ccccc32)cc1)/C(=C/c1ccccc1[N+](=O)[O-])NC(=O)c1ccccc1. The zero-order valence-electron chi connectivity index (χ0n) is 25.7. The van der Waals surface area contributed by atoms with E-state index in [0.717, 1.165) is 40.2 Å². The average molecular weight is 655 g/mol. The summed E-state index contributed by atoms with van der Waals surface area (Å²) in [6.07, 6.45) is 2.99. The standard InChI is InChI=1S/C38H30N4O5S/c43-36(41-33-15-7-4-10-26(33)18-19-27-11-5-8-16-34(27)41)25-48-31-22-20-30(21-23-31)39-38(45)32(40-37(44)28-12-2-1-3-13-28)24-29-14-6-9-17-35(29)42(46)47/h1-17,20-24H,18-19,25H2,(H,39,45)(H,40,44)/b32-24-. The quantitative estimate of drug-likeness (QED) is 0.0732. The van der Waals surface area contributed by atoms with E-state index in [9.17, 15) is 24.5 Å². The number of nitrogens with zero attached hydrogens (tertiary/aromatic N) is 2. The van der Waals surface area contributed by atoms with Crippen LogP contribution in [0, 0.1) is 10.1 Å². The first-order valence-electron chi connectivity index (χ1n) is 15.2. The van der Waals surface area contributed by atoms with Gasteiger partial charge in [0.05, 0.1) is 27.6 Å². The molecule has 9 nitrogen and oxygen atoms in total. The molecule has 1 heterocycles. The summed E-state index contributed by atoms with van der Waals surface area (Å²) in [6.45, 7) is 0. The Labute approximate surface area is 281 Å². The van der Waals surface area contributed by atoms with Gasteiger partial charge in [0.15, 0.2) is 0 Å². The molecule has 1 aliphatic heterocycles. The summed E-state index contributed by atoms with van der Waals surface area (Å²) in [6, 6.07) is 37.3. The second-order valence-electron chi connectivity index (χ2n) is 10.9. The molecule has 0 fully saturated rings. The maximum Gasteiger partial charge on any atom is 0.276 e. The van der Waals surface area contributed by atoms with Crippen LogP contribution in [0.2, 0.25) is 0 Å². The van der Waals surface area contributed by atoms with Crippen LogP contribution in [0.1, 0.15) is 27.0 Å². The molecule has 238 valence electrons. The minimum Gasteiger partial charge on any atom is -0.321 e. The molecule has 10 heteroatoms. The summed E-state index contributed by atoms with van der Waals surface area (Å²) < 4.78 is 0. The number of fused-ring (bicyclic) bond motifs is 2. The van der Waals surface area contributed by atoms with Crippen LogP contribution in [-0.2, 0) is 22.4 Å². The van der Waals surface area contributed by atoms with Gasteiger partial charge in [-0.3, -0.25) is 29.4 Å². The molecule has 5 aromatic rings. The molecule has 0 atom stereocenters. The topological polar surface area (TPSA) is 122 Å². The zero-order chi connectivity index (χ0) is 33.5. The number of hydrogen-bond acceptors (Lipinski definition) is 6. The summed E-state index contributed by atoms with van der Waals surface area (Å²) >= 11 is 1.39. The minimum atomic E-state index is -0.661. The third-order valence-corrected chi connectivity index (χ3v) is 8.81. The normalized spacial score (nSPS) is 12.2. The number of benzene rings is 5. The van der Waals surface area contributed by atoms with Crippen LogP contribution >= 0.6 is 11.8 Å². The van der Waals surface area contributed by atoms with Crippen molar-refractivity contribution >= 4 is 58.3 Å². The summed E-state index contributed by atoms with van der Waals surface area (Å²) in [5.74, 6) is -1.05. The van der Waals surface area contributed by atoms with Crippen molar-refractivity contribution in [2.45, 2.75) is 17.7 Å². The first-order chi connectivity index (χ1) is 23.4. The molecule has 48 heavy (non-hydrogen) atoms. The molecule has 0 aromatic heterocycles. The van der Waals surface area contributed by atoms with E-state index in [1.165, 1.54) is 36.0 Å². The Kier molecular flexibility index (Phi) is 9.73. The van der Waals surface area contributed by atoms with Crippen LogP contribution in [0.15, 0.2) is 138 Å². The largest absolute Gasteiger partial charge is 0.321 e. The number of nitro groups is 1. The van der Waals surface area contributed by atoms with Crippen molar-refractivity contribution in [2.75, 3.05) is 16.0 Å². The van der Waals surface area contributed by atoms with Gasteiger partial charge in [0.25, 0.3) is 17.5 Å². The smallest absolute Gasteiger partial charge is 0.276 e. The van der Waals surface area contributed by atoms with Crippen LogP contribution in [0.5, 0.6) is 0 Å². The van der Waals surface area contributed by atoms with Crippen molar-refractivity contribution in [1.82, 2.24) is 5.32 Å². The number of rotatable bonds is 9. The van der Waals surface area contributed by atoms with Gasteiger partial charge in [0.2, 0.25) is 5.91 Å². The lowest BCUT2D eigenvalue weighted by Gasteiger charge is -2.25. The molecule has 0 aliphatic carbocycles. The average Bonchev–Trinajstić information content (AvgIpc) is 3.28. The highest BCUT2D eigenvalue weighted by Gasteiger charge is 2.25. The number of nitro benzene ring substituents is 1. The van der Waals surface area contributed by atoms with Gasteiger partial charge in [0.1, 0.15) is 5.70 Å². The molecule has 0 unspecified atom stereocenters. The first-order valence-corrected chi connectivity index (χ1v) is 16.2. The molecule has 0 radical (unpaired) electrons. The number of carbonyl (C=O) groups excluding carboxylic acids is 3. The Bertz CT molecular complexity index is 1980. The molecular formula is C38H30N4O5S. The number of para-hydroxylation sites is 3. The molecule has 6 rings (SSSR count). The Morgan fingerprint density at radius 2 is 1.33 bits per heavy atom. The molecule has 1 aliphatic rings. The predicted molar refractivity (Wildman–Crippen MR) is 188 cm³/mol. The molecule has 2 N–H and O–H groups in total. The molecule has 0 spiro atoms. The van der Waals surface area contributed by atoms with E-state index < -0.39 is 16.7 Å². The second-order valence-corrected chi connectivity index (χ2v) is 12.0. The third kappa shape index (κ3) is 7.35. The maximum atomic E-state index is 13.7. The van der Waals surface area contributed by atoms with Crippen LogP contribution < -0.4 is 15.5 Å². The Balaban J connectivity index is 1.17. The van der Waals surface area contributed by atoms with Gasteiger partial charge in [-0.2, -0.15) is 0 Å². The van der Waals surface area contributed by atoms with Crippen molar-refractivity contribution in [3.8, 4) is 0 Å². The van der Waals surface area contributed by atoms with Gasteiger partial charge in [-0.25, -0.2) is 0 Å². The highest BCUT2D eigenvalue weighted by molar-refractivity contribution is 8.00. The van der Waals surface area contributed by atoms with Gasteiger partial charge in [-0.05, 0) is 84.6 Å². The summed E-state index contributed by atoms with van der Waals surface area (Å²) in [5.41, 5.74) is 4.59. The lowest BCUT2D eigenvalue weighted by atomic mass is 10.0. The van der Waals surface area contributed by atoms with E-state index in [1.807, 2.05) is 41.3 Å². The molecule has 0 bridgehead atoms. The lowest BCUT2D eigenvalue weighted by molar-refractivity contribution is -0.385. The fraction of sp³-hybridized carbons (Fsp3) is 0.0789. The highest BCUT2D eigenvalue weighted by atomic mass is 32.2. The van der Waals surface area contributed by atoms with E-state index in [1.54, 1.807) is 60.7 Å².